The maximum absolute atomic E-state index is 11.7. The number of methoxy groups -OCH3 is 1. The highest BCUT2D eigenvalue weighted by molar-refractivity contribution is 5.89. The number of esters is 1. The summed E-state index contributed by atoms with van der Waals surface area (Å²) in [4.78, 5) is 11.7. The summed E-state index contributed by atoms with van der Waals surface area (Å²) < 4.78 is 4.76. The molecule has 0 aromatic heterocycles. The fraction of sp³-hybridized carbons (Fsp3) is 0.0435. The molecule has 6 nitrogen and oxygen atoms in total. The number of benzene rings is 3. The molecule has 1 heterocycles. The number of fused-ring (bicyclic) bond motifs is 1. The lowest BCUT2D eigenvalue weighted by Crippen LogP contribution is -2.49. The minimum atomic E-state index is -0.365. The SMILES string of the molecule is COC(=O)c1ccc(C2=c3ccccc3=C(Nc3cccc(C#N)c3)NN2)cc1. The lowest BCUT2D eigenvalue weighted by Gasteiger charge is -2.22. The first-order chi connectivity index (χ1) is 14.2. The predicted molar refractivity (Wildman–Crippen MR) is 110 cm³/mol. The molecule has 0 saturated carbocycles. The molecule has 3 aromatic rings. The Morgan fingerprint density at radius 1 is 0.966 bits per heavy atom. The van der Waals surface area contributed by atoms with Gasteiger partial charge in [-0.15, -0.1) is 0 Å². The maximum atomic E-state index is 11.7. The Morgan fingerprint density at radius 2 is 1.72 bits per heavy atom. The van der Waals surface area contributed by atoms with E-state index in [1.165, 1.54) is 7.11 Å². The van der Waals surface area contributed by atoms with Crippen LogP contribution in [0.5, 0.6) is 0 Å². The van der Waals surface area contributed by atoms with Crippen molar-refractivity contribution in [2.24, 2.45) is 0 Å². The zero-order valence-corrected chi connectivity index (χ0v) is 15.7. The summed E-state index contributed by atoms with van der Waals surface area (Å²) in [5.74, 6) is 0.418. The van der Waals surface area contributed by atoms with E-state index in [2.05, 4.69) is 22.2 Å². The number of hydrogen-bond donors (Lipinski definition) is 3. The van der Waals surface area contributed by atoms with Gasteiger partial charge in [0.25, 0.3) is 0 Å². The van der Waals surface area contributed by atoms with E-state index >= 15 is 0 Å². The lowest BCUT2D eigenvalue weighted by molar-refractivity contribution is 0.0600. The first-order valence-electron chi connectivity index (χ1n) is 9.01. The topological polar surface area (TPSA) is 86.2 Å². The van der Waals surface area contributed by atoms with E-state index in [0.717, 1.165) is 33.2 Å². The van der Waals surface area contributed by atoms with Crippen LogP contribution in [0.2, 0.25) is 0 Å². The minimum absolute atomic E-state index is 0.365. The van der Waals surface area contributed by atoms with Crippen molar-refractivity contribution < 1.29 is 9.53 Å². The summed E-state index contributed by atoms with van der Waals surface area (Å²) in [6.45, 7) is 0. The number of ether oxygens (including phenoxy) is 1. The summed E-state index contributed by atoms with van der Waals surface area (Å²) in [5.41, 5.74) is 10.2. The average Bonchev–Trinajstić information content (AvgIpc) is 2.79. The molecule has 0 radical (unpaired) electrons. The van der Waals surface area contributed by atoms with Gasteiger partial charge in [-0.25, -0.2) is 4.79 Å². The van der Waals surface area contributed by atoms with Gasteiger partial charge < -0.3 is 10.1 Å². The number of rotatable bonds is 4. The van der Waals surface area contributed by atoms with Crippen molar-refractivity contribution in [1.82, 2.24) is 10.9 Å². The second kappa shape index (κ2) is 7.79. The van der Waals surface area contributed by atoms with Crippen LogP contribution >= 0.6 is 0 Å². The number of hydrogen-bond acceptors (Lipinski definition) is 6. The fourth-order valence-corrected chi connectivity index (χ4v) is 3.21. The molecule has 0 saturated heterocycles. The molecule has 0 amide bonds. The van der Waals surface area contributed by atoms with Crippen LogP contribution in [-0.2, 0) is 4.74 Å². The number of anilines is 1. The van der Waals surface area contributed by atoms with E-state index < -0.39 is 0 Å². The maximum Gasteiger partial charge on any atom is 0.337 e. The van der Waals surface area contributed by atoms with Crippen molar-refractivity contribution in [3.8, 4) is 6.07 Å². The van der Waals surface area contributed by atoms with Gasteiger partial charge in [-0.05, 0) is 30.3 Å². The van der Waals surface area contributed by atoms with Crippen molar-refractivity contribution in [3.05, 3.63) is 99.9 Å². The summed E-state index contributed by atoms with van der Waals surface area (Å²) in [5, 5.41) is 14.4. The molecule has 4 rings (SSSR count). The van der Waals surface area contributed by atoms with E-state index in [0.29, 0.717) is 11.1 Å². The van der Waals surface area contributed by atoms with Gasteiger partial charge in [0.05, 0.1) is 30.0 Å². The molecule has 0 unspecified atom stereocenters. The lowest BCUT2D eigenvalue weighted by atomic mass is 10.0. The Hall–Kier alpha value is -4.24. The number of carbonyl (C=O) groups is 1. The standard InChI is InChI=1S/C23H18N4O2/c1-29-23(28)17-11-9-16(10-12-17)21-19-7-2-3-8-20(19)22(27-26-21)25-18-6-4-5-15(13-18)14-24/h2-13,25-27H,1H3. The van der Waals surface area contributed by atoms with Crippen molar-refractivity contribution >= 4 is 23.2 Å². The summed E-state index contributed by atoms with van der Waals surface area (Å²) in [6, 6.07) is 24.7. The van der Waals surface area contributed by atoms with Crippen LogP contribution in [0.3, 0.4) is 0 Å². The molecule has 0 spiro atoms. The average molecular weight is 382 g/mol. The molecular formula is C23H18N4O2. The molecule has 142 valence electrons. The molecule has 3 N–H and O–H groups in total. The highest BCUT2D eigenvalue weighted by Crippen LogP contribution is 2.14. The van der Waals surface area contributed by atoms with Crippen LogP contribution < -0.4 is 26.6 Å². The zero-order chi connectivity index (χ0) is 20.2. The van der Waals surface area contributed by atoms with Crippen molar-refractivity contribution in [1.29, 1.82) is 5.26 Å². The molecule has 6 heteroatoms. The third kappa shape index (κ3) is 3.62. The van der Waals surface area contributed by atoms with E-state index in [-0.39, 0.29) is 5.97 Å². The van der Waals surface area contributed by atoms with Gasteiger partial charge in [0.15, 0.2) is 0 Å². The minimum Gasteiger partial charge on any atom is -0.465 e. The van der Waals surface area contributed by atoms with Crippen molar-refractivity contribution in [2.75, 3.05) is 12.4 Å². The molecule has 1 aliphatic rings. The normalized spacial score (nSPS) is 12.1. The summed E-state index contributed by atoms with van der Waals surface area (Å²) in [6.07, 6.45) is 0. The first kappa shape index (κ1) is 18.1. The molecule has 1 aliphatic heterocycles. The summed E-state index contributed by atoms with van der Waals surface area (Å²) in [7, 11) is 1.37. The van der Waals surface area contributed by atoms with Crippen molar-refractivity contribution in [3.63, 3.8) is 0 Å². The number of nitrogens with zero attached hydrogens (tertiary/aromatic N) is 1. The zero-order valence-electron chi connectivity index (χ0n) is 15.7. The largest absolute Gasteiger partial charge is 0.465 e. The van der Waals surface area contributed by atoms with Gasteiger partial charge in [0.2, 0.25) is 0 Å². The Morgan fingerprint density at radius 3 is 2.45 bits per heavy atom. The van der Waals surface area contributed by atoms with Crippen molar-refractivity contribution in [2.45, 2.75) is 0 Å². The summed E-state index contributed by atoms with van der Waals surface area (Å²) >= 11 is 0. The van der Waals surface area contributed by atoms with Gasteiger partial charge in [-0.2, -0.15) is 5.26 Å². The Kier molecular flexibility index (Phi) is 4.87. The van der Waals surface area contributed by atoms with Crippen LogP contribution in [0.4, 0.5) is 5.69 Å². The highest BCUT2D eigenvalue weighted by Gasteiger charge is 2.13. The third-order valence-corrected chi connectivity index (χ3v) is 4.63. The number of nitriles is 1. The molecule has 3 aromatic carbocycles. The monoisotopic (exact) mass is 382 g/mol. The van der Waals surface area contributed by atoms with E-state index in [4.69, 9.17) is 10.00 Å². The van der Waals surface area contributed by atoms with Crippen LogP contribution in [0.1, 0.15) is 21.5 Å². The van der Waals surface area contributed by atoms with Gasteiger partial charge in [0, 0.05) is 21.7 Å². The fourth-order valence-electron chi connectivity index (χ4n) is 3.21. The quantitative estimate of drug-likeness (QED) is 0.597. The molecule has 29 heavy (non-hydrogen) atoms. The number of nitrogens with one attached hydrogen (secondary N) is 3. The molecule has 0 bridgehead atoms. The van der Waals surface area contributed by atoms with Gasteiger partial charge in [0.1, 0.15) is 5.82 Å². The Bertz CT molecular complexity index is 1240. The molecule has 0 fully saturated rings. The Labute approximate surface area is 167 Å². The van der Waals surface area contributed by atoms with Crippen LogP contribution in [0.15, 0.2) is 72.8 Å². The van der Waals surface area contributed by atoms with E-state index in [9.17, 15) is 4.79 Å². The van der Waals surface area contributed by atoms with Crippen LogP contribution in [-0.4, -0.2) is 13.1 Å². The Balaban J connectivity index is 1.79. The number of hydrazine groups is 1. The van der Waals surface area contributed by atoms with Crippen LogP contribution in [0.25, 0.3) is 11.5 Å². The molecule has 0 atom stereocenters. The second-order valence-electron chi connectivity index (χ2n) is 6.43. The second-order valence-corrected chi connectivity index (χ2v) is 6.43. The smallest absolute Gasteiger partial charge is 0.337 e. The third-order valence-electron chi connectivity index (χ3n) is 4.63. The van der Waals surface area contributed by atoms with Gasteiger partial charge in [-0.1, -0.05) is 42.5 Å². The number of carbonyl (C=O) groups excluding carboxylic acids is 1. The van der Waals surface area contributed by atoms with Gasteiger partial charge in [-0.3, -0.25) is 10.9 Å². The molecule has 0 aliphatic carbocycles. The first-order valence-corrected chi connectivity index (χ1v) is 9.01. The highest BCUT2D eigenvalue weighted by atomic mass is 16.5. The van der Waals surface area contributed by atoms with E-state index in [1.54, 1.807) is 24.3 Å². The van der Waals surface area contributed by atoms with E-state index in [1.807, 2.05) is 48.5 Å². The molecular weight excluding hydrogens is 364 g/mol. The van der Waals surface area contributed by atoms with Gasteiger partial charge >= 0.3 is 5.97 Å². The predicted octanol–water partition coefficient (Wildman–Crippen LogP) is 1.79. The van der Waals surface area contributed by atoms with Crippen LogP contribution in [0, 0.1) is 11.3 Å².